The van der Waals surface area contributed by atoms with Gasteiger partial charge < -0.3 is 20.1 Å². The average molecular weight is 449 g/mol. The van der Waals surface area contributed by atoms with Crippen LogP contribution in [0.25, 0.3) is 6.08 Å². The molecule has 3 rings (SSSR count). The van der Waals surface area contributed by atoms with Crippen molar-refractivity contribution < 1.29 is 19.1 Å². The third-order valence-corrected chi connectivity index (χ3v) is 4.90. The van der Waals surface area contributed by atoms with Crippen molar-refractivity contribution in [3.05, 3.63) is 77.1 Å². The van der Waals surface area contributed by atoms with Gasteiger partial charge in [0.05, 0.1) is 12.8 Å². The van der Waals surface area contributed by atoms with Crippen molar-refractivity contribution >= 4 is 23.6 Å². The number of methoxy groups -OCH3 is 1. The highest BCUT2D eigenvalue weighted by atomic mass is 16.5. The molecule has 0 unspecified atom stereocenters. The fourth-order valence-corrected chi connectivity index (χ4v) is 3.19. The van der Waals surface area contributed by atoms with E-state index in [4.69, 9.17) is 9.47 Å². The van der Waals surface area contributed by atoms with Gasteiger partial charge in [-0.3, -0.25) is 14.3 Å². The van der Waals surface area contributed by atoms with Gasteiger partial charge in [0.2, 0.25) is 5.91 Å². The van der Waals surface area contributed by atoms with Crippen molar-refractivity contribution in [1.29, 1.82) is 0 Å². The number of carbonyl (C=O) groups excluding carboxylic acids is 2. The number of amides is 2. The summed E-state index contributed by atoms with van der Waals surface area (Å²) in [6.45, 7) is 4.81. The number of aryl methyl sites for hydroxylation is 2. The minimum atomic E-state index is -0.371. The molecule has 0 atom stereocenters. The Morgan fingerprint density at radius 2 is 2.00 bits per heavy atom. The highest BCUT2D eigenvalue weighted by molar-refractivity contribution is 6.06. The summed E-state index contributed by atoms with van der Waals surface area (Å²) >= 11 is 0. The average Bonchev–Trinajstić information content (AvgIpc) is 3.23. The molecule has 172 valence electrons. The largest absolute Gasteiger partial charge is 0.496 e. The van der Waals surface area contributed by atoms with Gasteiger partial charge in [-0.05, 0) is 55.3 Å². The molecule has 2 aromatic carbocycles. The number of hydrogen-bond acceptors (Lipinski definition) is 5. The predicted molar refractivity (Wildman–Crippen MR) is 127 cm³/mol. The SMILES string of the molecule is CCn1cc(NC(=O)/C=C/c2ccc(OC)c(COc3cccc(C)c3)c2)c(C(=O)NC)n1. The molecule has 2 amide bonds. The summed E-state index contributed by atoms with van der Waals surface area (Å²) in [5.74, 6) is 0.738. The summed E-state index contributed by atoms with van der Waals surface area (Å²) in [6, 6.07) is 13.4. The molecule has 0 saturated heterocycles. The number of benzene rings is 2. The summed E-state index contributed by atoms with van der Waals surface area (Å²) in [6.07, 6.45) is 4.73. The van der Waals surface area contributed by atoms with Crippen LogP contribution in [0.15, 0.2) is 54.7 Å². The zero-order valence-corrected chi connectivity index (χ0v) is 19.2. The zero-order chi connectivity index (χ0) is 23.8. The van der Waals surface area contributed by atoms with Crippen molar-refractivity contribution in [3.63, 3.8) is 0 Å². The number of aromatic nitrogens is 2. The summed E-state index contributed by atoms with van der Waals surface area (Å²) in [5, 5.41) is 9.44. The van der Waals surface area contributed by atoms with Crippen LogP contribution in [0.5, 0.6) is 11.5 Å². The van der Waals surface area contributed by atoms with Gasteiger partial charge in [0.15, 0.2) is 5.69 Å². The third-order valence-electron chi connectivity index (χ3n) is 4.90. The van der Waals surface area contributed by atoms with Gasteiger partial charge in [0, 0.05) is 31.4 Å². The maximum Gasteiger partial charge on any atom is 0.273 e. The first-order chi connectivity index (χ1) is 15.9. The Bertz CT molecular complexity index is 1170. The quantitative estimate of drug-likeness (QED) is 0.486. The minimum absolute atomic E-state index is 0.168. The van der Waals surface area contributed by atoms with E-state index in [0.29, 0.717) is 24.6 Å². The maximum atomic E-state index is 12.5. The Hall–Kier alpha value is -4.07. The normalized spacial score (nSPS) is 10.8. The van der Waals surface area contributed by atoms with Crippen LogP contribution >= 0.6 is 0 Å². The molecule has 1 heterocycles. The van der Waals surface area contributed by atoms with E-state index in [1.807, 2.05) is 56.3 Å². The monoisotopic (exact) mass is 448 g/mol. The topological polar surface area (TPSA) is 94.5 Å². The van der Waals surface area contributed by atoms with Crippen LogP contribution < -0.4 is 20.1 Å². The lowest BCUT2D eigenvalue weighted by Gasteiger charge is -2.11. The minimum Gasteiger partial charge on any atom is -0.496 e. The Balaban J connectivity index is 1.72. The number of anilines is 1. The van der Waals surface area contributed by atoms with E-state index >= 15 is 0 Å². The molecule has 0 spiro atoms. The van der Waals surface area contributed by atoms with Crippen LogP contribution in [0.2, 0.25) is 0 Å². The van der Waals surface area contributed by atoms with Crippen LogP contribution in [0, 0.1) is 6.92 Å². The first-order valence-electron chi connectivity index (χ1n) is 10.6. The third kappa shape index (κ3) is 6.22. The summed E-state index contributed by atoms with van der Waals surface area (Å²) in [5.41, 5.74) is 3.30. The first-order valence-corrected chi connectivity index (χ1v) is 10.6. The lowest BCUT2D eigenvalue weighted by Crippen LogP contribution is -2.21. The molecular formula is C25H28N4O4. The van der Waals surface area contributed by atoms with E-state index in [2.05, 4.69) is 15.7 Å². The number of ether oxygens (including phenoxy) is 2. The molecule has 8 heteroatoms. The number of nitrogens with zero attached hydrogens (tertiary/aromatic N) is 2. The second kappa shape index (κ2) is 11.0. The molecule has 0 fully saturated rings. The van der Waals surface area contributed by atoms with E-state index in [-0.39, 0.29) is 17.5 Å². The Morgan fingerprint density at radius 1 is 1.18 bits per heavy atom. The molecule has 8 nitrogen and oxygen atoms in total. The second-order valence-corrected chi connectivity index (χ2v) is 7.33. The first kappa shape index (κ1) is 23.6. The molecule has 0 aliphatic heterocycles. The molecule has 0 saturated carbocycles. The number of hydrogen-bond donors (Lipinski definition) is 2. The second-order valence-electron chi connectivity index (χ2n) is 7.33. The predicted octanol–water partition coefficient (Wildman–Crippen LogP) is 3.81. The van der Waals surface area contributed by atoms with Crippen molar-refractivity contribution in [3.8, 4) is 11.5 Å². The maximum absolute atomic E-state index is 12.5. The zero-order valence-electron chi connectivity index (χ0n) is 19.2. The van der Waals surface area contributed by atoms with E-state index in [9.17, 15) is 9.59 Å². The van der Waals surface area contributed by atoms with Gasteiger partial charge in [-0.25, -0.2) is 0 Å². The van der Waals surface area contributed by atoms with E-state index < -0.39 is 0 Å². The van der Waals surface area contributed by atoms with Crippen LogP contribution in [0.3, 0.4) is 0 Å². The fourth-order valence-electron chi connectivity index (χ4n) is 3.19. The van der Waals surface area contributed by atoms with Crippen molar-refractivity contribution in [1.82, 2.24) is 15.1 Å². The molecule has 1 aromatic heterocycles. The lowest BCUT2D eigenvalue weighted by molar-refractivity contribution is -0.111. The van der Waals surface area contributed by atoms with Gasteiger partial charge in [-0.1, -0.05) is 18.2 Å². The molecule has 33 heavy (non-hydrogen) atoms. The molecular weight excluding hydrogens is 420 g/mol. The van der Waals surface area contributed by atoms with Crippen molar-refractivity contribution in [2.24, 2.45) is 0 Å². The van der Waals surface area contributed by atoms with E-state index in [0.717, 1.165) is 22.4 Å². The molecule has 0 radical (unpaired) electrons. The van der Waals surface area contributed by atoms with Gasteiger partial charge in [-0.15, -0.1) is 0 Å². The molecule has 0 bridgehead atoms. The summed E-state index contributed by atoms with van der Waals surface area (Å²) < 4.78 is 12.9. The van der Waals surface area contributed by atoms with Crippen molar-refractivity contribution in [2.45, 2.75) is 27.0 Å². The van der Waals surface area contributed by atoms with Gasteiger partial charge in [0.1, 0.15) is 18.1 Å². The lowest BCUT2D eigenvalue weighted by atomic mass is 10.1. The van der Waals surface area contributed by atoms with Gasteiger partial charge >= 0.3 is 0 Å². The smallest absolute Gasteiger partial charge is 0.273 e. The summed E-state index contributed by atoms with van der Waals surface area (Å²) in [4.78, 5) is 24.5. The number of nitrogens with one attached hydrogen (secondary N) is 2. The molecule has 0 aliphatic carbocycles. The van der Waals surface area contributed by atoms with Crippen LogP contribution in [-0.4, -0.2) is 35.8 Å². The van der Waals surface area contributed by atoms with Crippen LogP contribution in [0.1, 0.15) is 34.1 Å². The fraction of sp³-hybridized carbons (Fsp3) is 0.240. The summed E-state index contributed by atoms with van der Waals surface area (Å²) in [7, 11) is 3.12. The standard InChI is InChI=1S/C25H28N4O4/c1-5-29-15-21(24(28-29)25(31)26-3)27-23(30)12-10-18-9-11-22(32-4)19(14-18)16-33-20-8-6-7-17(2)13-20/h6-15H,5,16H2,1-4H3,(H,26,31)(H,27,30)/b12-10+. The van der Waals surface area contributed by atoms with Crippen molar-refractivity contribution in [2.75, 3.05) is 19.5 Å². The van der Waals surface area contributed by atoms with E-state index in [1.165, 1.54) is 13.1 Å². The number of rotatable bonds is 9. The highest BCUT2D eigenvalue weighted by Crippen LogP contribution is 2.23. The highest BCUT2D eigenvalue weighted by Gasteiger charge is 2.16. The Kier molecular flexibility index (Phi) is 7.86. The Labute approximate surface area is 193 Å². The molecule has 0 aliphatic rings. The molecule has 3 aromatic rings. The van der Waals surface area contributed by atoms with E-state index in [1.54, 1.807) is 24.1 Å². The molecule has 2 N–H and O–H groups in total. The van der Waals surface area contributed by atoms with Crippen LogP contribution in [-0.2, 0) is 17.9 Å². The number of carbonyl (C=O) groups is 2. The van der Waals surface area contributed by atoms with Gasteiger partial charge in [-0.2, -0.15) is 5.10 Å². The van der Waals surface area contributed by atoms with Crippen LogP contribution in [0.4, 0.5) is 5.69 Å². The Morgan fingerprint density at radius 3 is 2.70 bits per heavy atom. The van der Waals surface area contributed by atoms with Gasteiger partial charge in [0.25, 0.3) is 5.91 Å².